The molecule has 1 fully saturated rings. The molecule has 1 unspecified atom stereocenters. The Morgan fingerprint density at radius 1 is 1.55 bits per heavy atom. The van der Waals surface area contributed by atoms with Crippen LogP contribution in [0.25, 0.3) is 0 Å². The summed E-state index contributed by atoms with van der Waals surface area (Å²) in [6, 6.07) is -0.539. The Hall–Kier alpha value is -2.25. The summed E-state index contributed by atoms with van der Waals surface area (Å²) < 4.78 is 1.53. The maximum atomic E-state index is 12.4. The molecule has 1 atom stereocenters. The summed E-state index contributed by atoms with van der Waals surface area (Å²) in [6.45, 7) is 1.74. The minimum Gasteiger partial charge on any atom is -0.396 e. The first-order chi connectivity index (χ1) is 9.47. The molecule has 0 bridgehead atoms. The first-order valence-electron chi connectivity index (χ1n) is 6.59. The smallest absolute Gasteiger partial charge is 0.312 e. The number of nitrogen functional groups attached to an aromatic ring is 1. The molecule has 1 aliphatic rings. The van der Waals surface area contributed by atoms with E-state index in [4.69, 9.17) is 11.5 Å². The van der Waals surface area contributed by atoms with Gasteiger partial charge >= 0.3 is 6.03 Å². The molecule has 8 heteroatoms. The third-order valence-corrected chi connectivity index (χ3v) is 3.43. The van der Waals surface area contributed by atoms with Crippen LogP contribution < -0.4 is 16.8 Å². The van der Waals surface area contributed by atoms with E-state index in [0.29, 0.717) is 25.3 Å². The fraction of sp³-hybridized carbons (Fsp3) is 0.583. The lowest BCUT2D eigenvalue weighted by molar-refractivity contribution is 0.0669. The first kappa shape index (κ1) is 14.2. The molecule has 0 saturated carbocycles. The molecule has 1 saturated heterocycles. The summed E-state index contributed by atoms with van der Waals surface area (Å²) in [5.74, 6) is 0.0528. The lowest BCUT2D eigenvalue weighted by Gasteiger charge is -2.32. The Morgan fingerprint density at radius 3 is 2.90 bits per heavy atom. The number of rotatable bonds is 3. The third kappa shape index (κ3) is 3.19. The summed E-state index contributed by atoms with van der Waals surface area (Å²) in [6.07, 6.45) is 3.47. The van der Waals surface area contributed by atoms with Crippen molar-refractivity contribution in [1.82, 2.24) is 20.0 Å². The molecule has 1 aromatic rings. The second kappa shape index (κ2) is 5.81. The van der Waals surface area contributed by atoms with Gasteiger partial charge in [-0.15, -0.1) is 0 Å². The van der Waals surface area contributed by atoms with Crippen molar-refractivity contribution < 1.29 is 9.59 Å². The number of nitrogens with two attached hydrogens (primary N) is 2. The van der Waals surface area contributed by atoms with Crippen LogP contribution in [0.5, 0.6) is 0 Å². The number of carbonyl (C=O) groups is 2. The van der Waals surface area contributed by atoms with E-state index in [1.165, 1.54) is 4.68 Å². The first-order valence-corrected chi connectivity index (χ1v) is 6.59. The lowest BCUT2D eigenvalue weighted by Crippen LogP contribution is -2.44. The summed E-state index contributed by atoms with van der Waals surface area (Å²) in [5, 5.41) is 6.68. The van der Waals surface area contributed by atoms with E-state index < -0.39 is 6.03 Å². The van der Waals surface area contributed by atoms with E-state index in [2.05, 4.69) is 10.4 Å². The van der Waals surface area contributed by atoms with Gasteiger partial charge < -0.3 is 21.7 Å². The van der Waals surface area contributed by atoms with E-state index in [9.17, 15) is 9.59 Å². The molecule has 0 aliphatic carbocycles. The van der Waals surface area contributed by atoms with Gasteiger partial charge in [-0.2, -0.15) is 5.10 Å². The Kier molecular flexibility index (Phi) is 4.11. The fourth-order valence-corrected chi connectivity index (χ4v) is 2.48. The zero-order chi connectivity index (χ0) is 14.7. The standard InChI is InChI=1S/C12H20N6O2/c1-17-7-9(13)10(16-17)11(19)18-4-2-3-8(6-18)5-15-12(14)20/h7-8H,2-6,13H2,1H3,(H3,14,15,20). The van der Waals surface area contributed by atoms with E-state index >= 15 is 0 Å². The van der Waals surface area contributed by atoms with Crippen molar-refractivity contribution >= 4 is 17.6 Å². The molecule has 2 rings (SSSR count). The number of anilines is 1. The van der Waals surface area contributed by atoms with Crippen molar-refractivity contribution in [3.8, 4) is 0 Å². The number of hydrogen-bond acceptors (Lipinski definition) is 4. The minimum atomic E-state index is -0.539. The number of piperidine rings is 1. The maximum Gasteiger partial charge on any atom is 0.312 e. The van der Waals surface area contributed by atoms with Crippen LogP contribution in [0.3, 0.4) is 0 Å². The van der Waals surface area contributed by atoms with E-state index in [-0.39, 0.29) is 17.5 Å². The second-order valence-corrected chi connectivity index (χ2v) is 5.11. The average molecular weight is 280 g/mol. The summed E-state index contributed by atoms with van der Waals surface area (Å²) >= 11 is 0. The summed E-state index contributed by atoms with van der Waals surface area (Å²) in [7, 11) is 1.73. The topological polar surface area (TPSA) is 119 Å². The molecule has 3 amide bonds. The number of amides is 3. The predicted octanol–water partition coefficient (Wildman–Crippen LogP) is -0.477. The minimum absolute atomic E-state index is 0.160. The molecule has 110 valence electrons. The molecule has 8 nitrogen and oxygen atoms in total. The molecule has 1 aromatic heterocycles. The maximum absolute atomic E-state index is 12.4. The number of aryl methyl sites for hydroxylation is 1. The van der Waals surface area contributed by atoms with Gasteiger partial charge in [-0.1, -0.05) is 0 Å². The zero-order valence-corrected chi connectivity index (χ0v) is 11.5. The van der Waals surface area contributed by atoms with Crippen LogP contribution in [0.15, 0.2) is 6.20 Å². The van der Waals surface area contributed by atoms with Gasteiger partial charge in [0.15, 0.2) is 5.69 Å². The van der Waals surface area contributed by atoms with Crippen molar-refractivity contribution in [1.29, 1.82) is 0 Å². The van der Waals surface area contributed by atoms with Crippen molar-refractivity contribution in [3.63, 3.8) is 0 Å². The molecule has 0 aromatic carbocycles. The largest absolute Gasteiger partial charge is 0.396 e. The molecule has 0 spiro atoms. The summed E-state index contributed by atoms with van der Waals surface area (Å²) in [5.41, 5.74) is 11.5. The van der Waals surface area contributed by atoms with E-state index in [1.807, 2.05) is 0 Å². The molecular weight excluding hydrogens is 260 g/mol. The van der Waals surface area contributed by atoms with Gasteiger partial charge in [0, 0.05) is 32.9 Å². The Bertz CT molecular complexity index is 512. The molecule has 0 radical (unpaired) electrons. The van der Waals surface area contributed by atoms with Gasteiger partial charge in [0.25, 0.3) is 5.91 Å². The zero-order valence-electron chi connectivity index (χ0n) is 11.5. The van der Waals surface area contributed by atoms with Crippen LogP contribution in [-0.2, 0) is 7.05 Å². The van der Waals surface area contributed by atoms with Crippen molar-refractivity contribution in [3.05, 3.63) is 11.9 Å². The average Bonchev–Trinajstić information content (AvgIpc) is 2.75. The lowest BCUT2D eigenvalue weighted by atomic mass is 9.97. The van der Waals surface area contributed by atoms with Crippen LogP contribution in [0.2, 0.25) is 0 Å². The molecule has 20 heavy (non-hydrogen) atoms. The molecule has 5 N–H and O–H groups in total. The van der Waals surface area contributed by atoms with E-state index in [0.717, 1.165) is 12.8 Å². The van der Waals surface area contributed by atoms with Gasteiger partial charge in [-0.05, 0) is 18.8 Å². The number of hydrogen-bond donors (Lipinski definition) is 3. The molecular formula is C12H20N6O2. The van der Waals surface area contributed by atoms with Crippen LogP contribution in [0.4, 0.5) is 10.5 Å². The number of likely N-dealkylation sites (tertiary alicyclic amines) is 1. The number of nitrogens with zero attached hydrogens (tertiary/aromatic N) is 3. The van der Waals surface area contributed by atoms with Gasteiger partial charge in [0.05, 0.1) is 5.69 Å². The van der Waals surface area contributed by atoms with Crippen molar-refractivity contribution in [2.24, 2.45) is 18.7 Å². The molecule has 2 heterocycles. The normalized spacial score (nSPS) is 18.9. The van der Waals surface area contributed by atoms with Gasteiger partial charge in [0.1, 0.15) is 0 Å². The van der Waals surface area contributed by atoms with Crippen molar-refractivity contribution in [2.75, 3.05) is 25.4 Å². The van der Waals surface area contributed by atoms with Gasteiger partial charge in [-0.3, -0.25) is 9.48 Å². The van der Waals surface area contributed by atoms with Crippen LogP contribution in [-0.4, -0.2) is 46.3 Å². The second-order valence-electron chi connectivity index (χ2n) is 5.11. The predicted molar refractivity (Wildman–Crippen MR) is 73.8 cm³/mol. The van der Waals surface area contributed by atoms with Crippen molar-refractivity contribution in [2.45, 2.75) is 12.8 Å². The van der Waals surface area contributed by atoms with Crippen LogP contribution >= 0.6 is 0 Å². The number of aromatic nitrogens is 2. The fourth-order valence-electron chi connectivity index (χ4n) is 2.48. The van der Waals surface area contributed by atoms with Gasteiger partial charge in [-0.25, -0.2) is 4.79 Å². The number of nitrogens with one attached hydrogen (secondary N) is 1. The SMILES string of the molecule is Cn1cc(N)c(C(=O)N2CCCC(CNC(N)=O)C2)n1. The number of primary amides is 1. The van der Waals surface area contributed by atoms with Gasteiger partial charge in [0.2, 0.25) is 0 Å². The number of carbonyl (C=O) groups excluding carboxylic acids is 2. The Morgan fingerprint density at radius 2 is 2.30 bits per heavy atom. The molecule has 1 aliphatic heterocycles. The highest BCUT2D eigenvalue weighted by Crippen LogP contribution is 2.19. The summed E-state index contributed by atoms with van der Waals surface area (Å²) in [4.78, 5) is 24.8. The third-order valence-electron chi connectivity index (χ3n) is 3.43. The van der Waals surface area contributed by atoms with Crippen LogP contribution in [0, 0.1) is 5.92 Å². The Balaban J connectivity index is 1.99. The van der Waals surface area contributed by atoms with E-state index in [1.54, 1.807) is 18.1 Å². The Labute approximate surface area is 117 Å². The highest BCUT2D eigenvalue weighted by Gasteiger charge is 2.27. The quantitative estimate of drug-likeness (QED) is 0.692. The number of urea groups is 1. The monoisotopic (exact) mass is 280 g/mol. The van der Waals surface area contributed by atoms with Crippen LogP contribution in [0.1, 0.15) is 23.3 Å². The highest BCUT2D eigenvalue weighted by molar-refractivity contribution is 5.97. The highest BCUT2D eigenvalue weighted by atomic mass is 16.2.